The maximum Gasteiger partial charge on any atom is 0.198 e. The molecule has 0 N–H and O–H groups in total. The minimum atomic E-state index is 0.251. The lowest BCUT2D eigenvalue weighted by atomic mass is 10.1. The van der Waals surface area contributed by atoms with Crippen LogP contribution in [0.1, 0.15) is 24.2 Å². The van der Waals surface area contributed by atoms with Gasteiger partial charge in [-0.15, -0.1) is 10.2 Å². The molecule has 0 saturated carbocycles. The van der Waals surface area contributed by atoms with E-state index >= 15 is 0 Å². The van der Waals surface area contributed by atoms with Crippen LogP contribution in [-0.4, -0.2) is 43.8 Å². The Hall–Kier alpha value is -2.16. The standard InChI is InChI=1S/C19H23N5O2S/c1-23-14-21-22-19(23)27-18-7-6-17(26-18)12-24-9-3-5-16(11-24)25-13-15-4-2-8-20-10-15/h2,4,6-8,10,14,16H,3,5,9,11-13H2,1H3. The van der Waals surface area contributed by atoms with Gasteiger partial charge in [0, 0.05) is 26.0 Å². The van der Waals surface area contributed by atoms with Crippen molar-refractivity contribution < 1.29 is 9.15 Å². The highest BCUT2D eigenvalue weighted by atomic mass is 32.2. The van der Waals surface area contributed by atoms with Crippen LogP contribution in [0.25, 0.3) is 0 Å². The molecule has 3 aromatic heterocycles. The third-order valence-corrected chi connectivity index (χ3v) is 5.52. The van der Waals surface area contributed by atoms with E-state index in [4.69, 9.17) is 9.15 Å². The quantitative estimate of drug-likeness (QED) is 0.619. The van der Waals surface area contributed by atoms with Gasteiger partial charge in [-0.05, 0) is 54.9 Å². The van der Waals surface area contributed by atoms with E-state index in [2.05, 4.69) is 20.1 Å². The van der Waals surface area contributed by atoms with Crippen LogP contribution in [0.2, 0.25) is 0 Å². The lowest BCUT2D eigenvalue weighted by Crippen LogP contribution is -2.39. The lowest BCUT2D eigenvalue weighted by molar-refractivity contribution is -0.0137. The Morgan fingerprint density at radius 2 is 2.30 bits per heavy atom. The number of pyridine rings is 1. The Kier molecular flexibility index (Phi) is 5.86. The molecule has 1 saturated heterocycles. The maximum absolute atomic E-state index is 6.09. The first-order valence-corrected chi connectivity index (χ1v) is 9.91. The first kappa shape index (κ1) is 18.2. The van der Waals surface area contributed by atoms with E-state index in [1.165, 1.54) is 11.8 Å². The summed E-state index contributed by atoms with van der Waals surface area (Å²) in [5, 5.41) is 9.62. The number of ether oxygens (including phenoxy) is 1. The Bertz CT molecular complexity index is 851. The maximum atomic E-state index is 6.09. The zero-order valence-corrected chi connectivity index (χ0v) is 16.1. The molecule has 7 nitrogen and oxygen atoms in total. The molecule has 0 aromatic carbocycles. The summed E-state index contributed by atoms with van der Waals surface area (Å²) in [4.78, 5) is 6.53. The highest BCUT2D eigenvalue weighted by molar-refractivity contribution is 7.99. The second kappa shape index (κ2) is 8.69. The number of hydrogen-bond acceptors (Lipinski definition) is 7. The zero-order valence-electron chi connectivity index (χ0n) is 15.3. The third-order valence-electron chi connectivity index (χ3n) is 4.55. The lowest BCUT2D eigenvalue weighted by Gasteiger charge is -2.32. The highest BCUT2D eigenvalue weighted by Crippen LogP contribution is 2.28. The first-order chi connectivity index (χ1) is 13.3. The van der Waals surface area contributed by atoms with Gasteiger partial charge in [0.05, 0.1) is 19.3 Å². The van der Waals surface area contributed by atoms with Gasteiger partial charge >= 0.3 is 0 Å². The summed E-state index contributed by atoms with van der Waals surface area (Å²) in [6.45, 7) is 3.41. The predicted molar refractivity (Wildman–Crippen MR) is 101 cm³/mol. The van der Waals surface area contributed by atoms with Crippen molar-refractivity contribution >= 4 is 11.8 Å². The summed E-state index contributed by atoms with van der Waals surface area (Å²) in [5.41, 5.74) is 1.12. The number of furan rings is 1. The molecule has 1 fully saturated rings. The Morgan fingerprint density at radius 3 is 3.11 bits per heavy atom. The van der Waals surface area contributed by atoms with E-state index in [9.17, 15) is 0 Å². The fourth-order valence-electron chi connectivity index (χ4n) is 3.16. The Balaban J connectivity index is 1.28. The molecule has 0 spiro atoms. The van der Waals surface area contributed by atoms with E-state index in [1.54, 1.807) is 12.5 Å². The van der Waals surface area contributed by atoms with Gasteiger partial charge in [0.2, 0.25) is 0 Å². The van der Waals surface area contributed by atoms with Crippen molar-refractivity contribution in [1.82, 2.24) is 24.6 Å². The van der Waals surface area contributed by atoms with Gasteiger partial charge in [-0.1, -0.05) is 6.07 Å². The van der Waals surface area contributed by atoms with E-state index in [1.807, 2.05) is 42.1 Å². The van der Waals surface area contributed by atoms with Crippen molar-refractivity contribution in [1.29, 1.82) is 0 Å². The molecule has 3 aromatic rings. The van der Waals surface area contributed by atoms with Crippen molar-refractivity contribution in [3.63, 3.8) is 0 Å². The summed E-state index contributed by atoms with van der Waals surface area (Å²) in [7, 11) is 1.92. The second-order valence-corrected chi connectivity index (χ2v) is 7.69. The number of rotatable bonds is 7. The third kappa shape index (κ3) is 4.97. The number of piperidine rings is 1. The number of aryl methyl sites for hydroxylation is 1. The van der Waals surface area contributed by atoms with Gasteiger partial charge in [0.1, 0.15) is 12.1 Å². The molecular weight excluding hydrogens is 362 g/mol. The zero-order chi connectivity index (χ0) is 18.5. The SMILES string of the molecule is Cn1cnnc1Sc1ccc(CN2CCCC(OCc3cccnc3)C2)o1. The normalized spacial score (nSPS) is 18.0. The minimum Gasteiger partial charge on any atom is -0.453 e. The molecule has 0 amide bonds. The molecular formula is C19H23N5O2S. The predicted octanol–water partition coefficient (Wildman–Crippen LogP) is 3.14. The van der Waals surface area contributed by atoms with E-state index in [-0.39, 0.29) is 6.10 Å². The van der Waals surface area contributed by atoms with Crippen LogP contribution < -0.4 is 0 Å². The largest absolute Gasteiger partial charge is 0.453 e. The molecule has 142 valence electrons. The fourth-order valence-corrected chi connectivity index (χ4v) is 3.91. The van der Waals surface area contributed by atoms with Gasteiger partial charge in [0.15, 0.2) is 10.2 Å². The first-order valence-electron chi connectivity index (χ1n) is 9.10. The van der Waals surface area contributed by atoms with Crippen LogP contribution in [0, 0.1) is 0 Å². The van der Waals surface area contributed by atoms with Crippen molar-refractivity contribution in [3.8, 4) is 0 Å². The molecule has 1 aliphatic rings. The van der Waals surface area contributed by atoms with Crippen LogP contribution in [0.3, 0.4) is 0 Å². The van der Waals surface area contributed by atoms with Crippen LogP contribution >= 0.6 is 11.8 Å². The van der Waals surface area contributed by atoms with E-state index in [0.717, 1.165) is 54.0 Å². The molecule has 27 heavy (non-hydrogen) atoms. The van der Waals surface area contributed by atoms with Crippen LogP contribution in [0.15, 0.2) is 57.7 Å². The van der Waals surface area contributed by atoms with Crippen molar-refractivity contribution in [2.24, 2.45) is 7.05 Å². The minimum absolute atomic E-state index is 0.251. The molecule has 1 aliphatic heterocycles. The number of nitrogens with zero attached hydrogens (tertiary/aromatic N) is 5. The van der Waals surface area contributed by atoms with Gasteiger partial charge in [-0.25, -0.2) is 0 Å². The molecule has 4 rings (SSSR count). The number of likely N-dealkylation sites (tertiary alicyclic amines) is 1. The summed E-state index contributed by atoms with van der Waals surface area (Å²) < 4.78 is 13.9. The molecule has 8 heteroatoms. The topological polar surface area (TPSA) is 69.2 Å². The van der Waals surface area contributed by atoms with Crippen LogP contribution in [0.5, 0.6) is 0 Å². The molecule has 1 unspecified atom stereocenters. The number of hydrogen-bond donors (Lipinski definition) is 0. The average Bonchev–Trinajstić information content (AvgIpc) is 3.31. The molecule has 0 radical (unpaired) electrons. The van der Waals surface area contributed by atoms with Crippen molar-refractivity contribution in [2.45, 2.75) is 42.3 Å². The summed E-state index contributed by atoms with van der Waals surface area (Å²) in [6, 6.07) is 8.03. The summed E-state index contributed by atoms with van der Waals surface area (Å²) in [5.74, 6) is 0.965. The van der Waals surface area contributed by atoms with Crippen LogP contribution in [0.4, 0.5) is 0 Å². The molecule has 4 heterocycles. The van der Waals surface area contributed by atoms with Gasteiger partial charge in [-0.2, -0.15) is 0 Å². The second-order valence-electron chi connectivity index (χ2n) is 6.72. The smallest absolute Gasteiger partial charge is 0.198 e. The van der Waals surface area contributed by atoms with Crippen molar-refractivity contribution in [3.05, 3.63) is 54.3 Å². The van der Waals surface area contributed by atoms with E-state index < -0.39 is 0 Å². The monoisotopic (exact) mass is 385 g/mol. The highest BCUT2D eigenvalue weighted by Gasteiger charge is 2.21. The average molecular weight is 385 g/mol. The summed E-state index contributed by atoms with van der Waals surface area (Å²) in [6.07, 6.45) is 7.82. The molecule has 0 bridgehead atoms. The Morgan fingerprint density at radius 1 is 1.33 bits per heavy atom. The van der Waals surface area contributed by atoms with Crippen molar-refractivity contribution in [2.75, 3.05) is 13.1 Å². The number of aromatic nitrogens is 4. The summed E-state index contributed by atoms with van der Waals surface area (Å²) >= 11 is 1.48. The molecule has 1 atom stereocenters. The molecule has 0 aliphatic carbocycles. The van der Waals surface area contributed by atoms with E-state index in [0.29, 0.717) is 6.61 Å². The fraction of sp³-hybridized carbons (Fsp3) is 0.421. The van der Waals surface area contributed by atoms with Gasteiger partial charge < -0.3 is 13.7 Å². The van der Waals surface area contributed by atoms with Gasteiger partial charge in [-0.3, -0.25) is 9.88 Å². The Labute approximate surface area is 162 Å². The van der Waals surface area contributed by atoms with Gasteiger partial charge in [0.25, 0.3) is 0 Å². The van der Waals surface area contributed by atoms with Crippen LogP contribution in [-0.2, 0) is 24.9 Å².